The molecule has 0 aliphatic carbocycles. The Morgan fingerprint density at radius 3 is 2.36 bits per heavy atom. The smallest absolute Gasteiger partial charge is 0.0154 e. The molecule has 1 aliphatic rings. The Balaban J connectivity index is 2.01. The maximum Gasteiger partial charge on any atom is 0.0154 e. The minimum absolute atomic E-state index is 0.784. The van der Waals surface area contributed by atoms with Gasteiger partial charge in [0, 0.05) is 13.1 Å². The molecule has 0 spiro atoms. The van der Waals surface area contributed by atoms with Gasteiger partial charge in [-0.2, -0.15) is 5.53 Å². The molecule has 0 radical (unpaired) electrons. The second kappa shape index (κ2) is 7.17. The predicted octanol–water partition coefficient (Wildman–Crippen LogP) is 0.337. The number of hydrogen-bond donors (Lipinski definition) is 3. The third kappa shape index (κ3) is 4.37. The minimum Gasteiger partial charge on any atom is -0.304 e. The number of hydrogen-bond acceptors (Lipinski definition) is 4. The van der Waals surface area contributed by atoms with Crippen molar-refractivity contribution in [3.8, 4) is 0 Å². The van der Waals surface area contributed by atoms with Gasteiger partial charge in [-0.1, -0.05) is 13.8 Å². The molecule has 0 atom stereocenters. The standard InChI is InChI=1S/C10H24N4/c1-3-14(4-2)7-5-6-10-8-11-13-12-9-10/h10-13H,3-9H2,1-2H3. The molecule has 84 valence electrons. The maximum absolute atomic E-state index is 3.13. The molecule has 3 N–H and O–H groups in total. The van der Waals surface area contributed by atoms with E-state index in [0.717, 1.165) is 19.0 Å². The van der Waals surface area contributed by atoms with Gasteiger partial charge in [0.05, 0.1) is 0 Å². The van der Waals surface area contributed by atoms with Gasteiger partial charge < -0.3 is 4.90 Å². The second-order valence-electron chi connectivity index (χ2n) is 3.92. The molecule has 14 heavy (non-hydrogen) atoms. The topological polar surface area (TPSA) is 39.3 Å². The first-order chi connectivity index (χ1) is 6.86. The molecule has 0 unspecified atom stereocenters. The Bertz CT molecular complexity index is 130. The van der Waals surface area contributed by atoms with Crippen molar-refractivity contribution in [3.05, 3.63) is 0 Å². The number of nitrogens with one attached hydrogen (secondary N) is 3. The molecule has 1 fully saturated rings. The van der Waals surface area contributed by atoms with Crippen LogP contribution in [0.1, 0.15) is 26.7 Å². The van der Waals surface area contributed by atoms with Crippen LogP contribution in [-0.4, -0.2) is 37.6 Å². The van der Waals surface area contributed by atoms with E-state index in [2.05, 4.69) is 35.1 Å². The minimum atomic E-state index is 0.784. The normalized spacial score (nSPS) is 19.1. The molecule has 0 amide bonds. The van der Waals surface area contributed by atoms with Crippen molar-refractivity contribution in [1.82, 2.24) is 21.3 Å². The van der Waals surface area contributed by atoms with Crippen LogP contribution in [0.4, 0.5) is 0 Å². The summed E-state index contributed by atoms with van der Waals surface area (Å²) in [4.78, 5) is 2.49. The maximum atomic E-state index is 3.13. The van der Waals surface area contributed by atoms with Crippen molar-refractivity contribution >= 4 is 0 Å². The van der Waals surface area contributed by atoms with E-state index in [4.69, 9.17) is 0 Å². The first-order valence-electron chi connectivity index (χ1n) is 5.79. The van der Waals surface area contributed by atoms with Gasteiger partial charge in [-0.25, -0.2) is 10.9 Å². The van der Waals surface area contributed by atoms with Gasteiger partial charge in [0.1, 0.15) is 0 Å². The lowest BCUT2D eigenvalue weighted by Crippen LogP contribution is -2.53. The molecule has 1 heterocycles. The van der Waals surface area contributed by atoms with Crippen molar-refractivity contribution in [2.75, 3.05) is 32.7 Å². The van der Waals surface area contributed by atoms with Crippen molar-refractivity contribution < 1.29 is 0 Å². The SMILES string of the molecule is CCN(CC)CCCC1CNNNC1. The summed E-state index contributed by atoms with van der Waals surface area (Å²) >= 11 is 0. The lowest BCUT2D eigenvalue weighted by atomic mass is 10.0. The van der Waals surface area contributed by atoms with E-state index < -0.39 is 0 Å². The summed E-state index contributed by atoms with van der Waals surface area (Å²) in [6.45, 7) is 10.3. The van der Waals surface area contributed by atoms with Crippen LogP contribution in [0.15, 0.2) is 0 Å². The van der Waals surface area contributed by atoms with Gasteiger partial charge in [0.25, 0.3) is 0 Å². The van der Waals surface area contributed by atoms with Gasteiger partial charge in [-0.3, -0.25) is 0 Å². The Kier molecular flexibility index (Phi) is 6.10. The van der Waals surface area contributed by atoms with Gasteiger partial charge >= 0.3 is 0 Å². The van der Waals surface area contributed by atoms with Crippen molar-refractivity contribution in [1.29, 1.82) is 0 Å². The molecule has 1 saturated heterocycles. The van der Waals surface area contributed by atoms with Crippen molar-refractivity contribution in [2.45, 2.75) is 26.7 Å². The summed E-state index contributed by atoms with van der Waals surface area (Å²) < 4.78 is 0. The van der Waals surface area contributed by atoms with E-state index in [1.54, 1.807) is 0 Å². The number of rotatable bonds is 6. The van der Waals surface area contributed by atoms with Gasteiger partial charge in [0.15, 0.2) is 0 Å². The monoisotopic (exact) mass is 200 g/mol. The quantitative estimate of drug-likeness (QED) is 0.578. The Hall–Kier alpha value is -0.160. The molecule has 0 aromatic carbocycles. The highest BCUT2D eigenvalue weighted by atomic mass is 15.6. The van der Waals surface area contributed by atoms with Crippen LogP contribution in [0.2, 0.25) is 0 Å². The van der Waals surface area contributed by atoms with Crippen molar-refractivity contribution in [3.63, 3.8) is 0 Å². The first kappa shape index (κ1) is 11.9. The summed E-state index contributed by atoms with van der Waals surface area (Å²) in [5.74, 6) is 0.784. The van der Waals surface area contributed by atoms with E-state index >= 15 is 0 Å². The fourth-order valence-corrected chi connectivity index (χ4v) is 1.87. The molecule has 0 bridgehead atoms. The van der Waals surface area contributed by atoms with Crippen LogP contribution < -0.4 is 16.4 Å². The summed E-state index contributed by atoms with van der Waals surface area (Å²) in [5.41, 5.74) is 9.18. The molecule has 1 aliphatic heterocycles. The second-order valence-corrected chi connectivity index (χ2v) is 3.92. The van der Waals surface area contributed by atoms with E-state index in [-0.39, 0.29) is 0 Å². The molecule has 0 aromatic heterocycles. The van der Waals surface area contributed by atoms with Crippen molar-refractivity contribution in [2.24, 2.45) is 5.92 Å². The third-order valence-electron chi connectivity index (χ3n) is 2.94. The highest BCUT2D eigenvalue weighted by Gasteiger charge is 2.11. The van der Waals surface area contributed by atoms with E-state index in [1.165, 1.54) is 32.5 Å². The van der Waals surface area contributed by atoms with Crippen LogP contribution in [0.25, 0.3) is 0 Å². The molecule has 4 nitrogen and oxygen atoms in total. The molecular formula is C10H24N4. The molecule has 0 saturated carbocycles. The zero-order chi connectivity index (χ0) is 10.2. The summed E-state index contributed by atoms with van der Waals surface area (Å²) in [7, 11) is 0. The number of hydrazine groups is 2. The van der Waals surface area contributed by atoms with Gasteiger partial charge in [-0.15, -0.1) is 0 Å². The molecular weight excluding hydrogens is 176 g/mol. The van der Waals surface area contributed by atoms with Crippen LogP contribution in [-0.2, 0) is 0 Å². The van der Waals surface area contributed by atoms with Crippen LogP contribution in [0.5, 0.6) is 0 Å². The van der Waals surface area contributed by atoms with E-state index in [0.29, 0.717) is 0 Å². The molecule has 4 heteroatoms. The molecule has 0 aromatic rings. The van der Waals surface area contributed by atoms with Crippen LogP contribution in [0.3, 0.4) is 0 Å². The zero-order valence-electron chi connectivity index (χ0n) is 9.47. The summed E-state index contributed by atoms with van der Waals surface area (Å²) in [6, 6.07) is 0. The van der Waals surface area contributed by atoms with Crippen LogP contribution >= 0.6 is 0 Å². The average molecular weight is 200 g/mol. The Morgan fingerprint density at radius 2 is 1.79 bits per heavy atom. The fraction of sp³-hybridized carbons (Fsp3) is 1.00. The number of nitrogens with zero attached hydrogens (tertiary/aromatic N) is 1. The predicted molar refractivity (Wildman–Crippen MR) is 59.7 cm³/mol. The van der Waals surface area contributed by atoms with E-state index in [9.17, 15) is 0 Å². The van der Waals surface area contributed by atoms with Crippen LogP contribution in [0, 0.1) is 5.92 Å². The van der Waals surface area contributed by atoms with Gasteiger partial charge in [0.2, 0.25) is 0 Å². The van der Waals surface area contributed by atoms with E-state index in [1.807, 2.05) is 0 Å². The highest BCUT2D eigenvalue weighted by Crippen LogP contribution is 2.06. The molecule has 1 rings (SSSR count). The lowest BCUT2D eigenvalue weighted by Gasteiger charge is -2.25. The summed E-state index contributed by atoms with van der Waals surface area (Å²) in [5, 5.41) is 0. The zero-order valence-corrected chi connectivity index (χ0v) is 9.47. The Labute approximate surface area is 87.4 Å². The average Bonchev–Trinajstić information content (AvgIpc) is 2.26. The largest absolute Gasteiger partial charge is 0.304 e. The third-order valence-corrected chi connectivity index (χ3v) is 2.94. The Morgan fingerprint density at radius 1 is 1.14 bits per heavy atom. The van der Waals surface area contributed by atoms with Gasteiger partial charge in [-0.05, 0) is 38.4 Å². The first-order valence-corrected chi connectivity index (χ1v) is 5.79. The highest BCUT2D eigenvalue weighted by molar-refractivity contribution is 4.67. The lowest BCUT2D eigenvalue weighted by molar-refractivity contribution is 0.250. The summed E-state index contributed by atoms with van der Waals surface area (Å²) in [6.07, 6.45) is 2.63. The fourth-order valence-electron chi connectivity index (χ4n) is 1.87.